The maximum Gasteiger partial charge on any atom is 0.224 e. The number of ether oxygens (including phenoxy) is 1. The minimum atomic E-state index is 0. The lowest BCUT2D eigenvalue weighted by Gasteiger charge is -2.36. The largest absolute Gasteiger partial charge is 0.378 e. The molecule has 1 N–H and O–H groups in total. The van der Waals surface area contributed by atoms with Crippen LogP contribution in [0.4, 0.5) is 5.82 Å². The van der Waals surface area contributed by atoms with Crippen molar-refractivity contribution >= 4 is 36.5 Å². The van der Waals surface area contributed by atoms with Crippen molar-refractivity contribution in [1.29, 1.82) is 0 Å². The molecule has 0 bridgehead atoms. The quantitative estimate of drug-likeness (QED) is 0.860. The van der Waals surface area contributed by atoms with Crippen molar-refractivity contribution in [2.24, 2.45) is 0 Å². The maximum absolute atomic E-state index is 12.4. The Morgan fingerprint density at radius 1 is 1.33 bits per heavy atom. The number of nitrogens with zero attached hydrogens (tertiary/aromatic N) is 3. The Bertz CT molecular complexity index is 519. The average molecular weight is 377 g/mol. The van der Waals surface area contributed by atoms with E-state index in [1.54, 1.807) is 0 Å². The molecule has 136 valence electrons. The number of hydrogen-bond donors (Lipinski definition) is 1. The Morgan fingerprint density at radius 3 is 2.71 bits per heavy atom. The number of morpholine rings is 1. The first-order valence-corrected chi connectivity index (χ1v) is 7.99. The SMILES string of the molecule is Cc1cccnc1N1CCN(C(=O)CC2COCCN2)CC1.Cl.Cl. The Kier molecular flexibility index (Phi) is 8.76. The van der Waals surface area contributed by atoms with Gasteiger partial charge < -0.3 is 19.9 Å². The van der Waals surface area contributed by atoms with E-state index in [2.05, 4.69) is 28.2 Å². The number of carbonyl (C=O) groups excluding carboxylic acids is 1. The van der Waals surface area contributed by atoms with Gasteiger partial charge in [0, 0.05) is 51.4 Å². The molecule has 0 aliphatic carbocycles. The van der Waals surface area contributed by atoms with Crippen LogP contribution in [-0.4, -0.2) is 67.8 Å². The first-order valence-electron chi connectivity index (χ1n) is 7.99. The average Bonchev–Trinajstić information content (AvgIpc) is 2.56. The van der Waals surface area contributed by atoms with Crippen molar-refractivity contribution < 1.29 is 9.53 Å². The number of amides is 1. The standard InChI is InChI=1S/C16H24N4O2.2ClH/c1-13-3-2-4-18-16(13)20-8-6-19(7-9-20)15(21)11-14-12-22-10-5-17-14;;/h2-4,14,17H,5-12H2,1H3;2*1H. The highest BCUT2D eigenvalue weighted by molar-refractivity contribution is 5.85. The predicted molar refractivity (Wildman–Crippen MR) is 99.5 cm³/mol. The minimum Gasteiger partial charge on any atom is -0.378 e. The van der Waals surface area contributed by atoms with Gasteiger partial charge >= 0.3 is 0 Å². The molecule has 2 saturated heterocycles. The summed E-state index contributed by atoms with van der Waals surface area (Å²) in [5, 5.41) is 3.34. The smallest absolute Gasteiger partial charge is 0.224 e. The molecule has 0 radical (unpaired) electrons. The van der Waals surface area contributed by atoms with Crippen LogP contribution in [0.15, 0.2) is 18.3 Å². The summed E-state index contributed by atoms with van der Waals surface area (Å²) in [6, 6.07) is 4.20. The van der Waals surface area contributed by atoms with Gasteiger partial charge in [0.25, 0.3) is 0 Å². The Labute approximate surface area is 155 Å². The molecule has 0 spiro atoms. The van der Waals surface area contributed by atoms with Crippen LogP contribution < -0.4 is 10.2 Å². The van der Waals surface area contributed by atoms with Gasteiger partial charge in [-0.1, -0.05) is 6.07 Å². The summed E-state index contributed by atoms with van der Waals surface area (Å²) in [6.45, 7) is 7.52. The number of pyridine rings is 1. The highest BCUT2D eigenvalue weighted by Gasteiger charge is 2.25. The van der Waals surface area contributed by atoms with Crippen molar-refractivity contribution in [2.75, 3.05) is 50.8 Å². The van der Waals surface area contributed by atoms with Crippen molar-refractivity contribution in [1.82, 2.24) is 15.2 Å². The maximum atomic E-state index is 12.4. The third-order valence-corrected chi connectivity index (χ3v) is 4.33. The molecular formula is C16H26Cl2N4O2. The topological polar surface area (TPSA) is 57.7 Å². The van der Waals surface area contributed by atoms with Crippen molar-refractivity contribution in [3.05, 3.63) is 23.9 Å². The summed E-state index contributed by atoms with van der Waals surface area (Å²) in [4.78, 5) is 21.1. The van der Waals surface area contributed by atoms with Gasteiger partial charge in [-0.2, -0.15) is 0 Å². The van der Waals surface area contributed by atoms with Crippen LogP contribution in [-0.2, 0) is 9.53 Å². The summed E-state index contributed by atoms with van der Waals surface area (Å²) in [6.07, 6.45) is 2.36. The van der Waals surface area contributed by atoms with E-state index in [1.165, 1.54) is 5.56 Å². The van der Waals surface area contributed by atoms with Crippen molar-refractivity contribution in [3.63, 3.8) is 0 Å². The van der Waals surface area contributed by atoms with E-state index in [9.17, 15) is 4.79 Å². The molecule has 2 aliphatic heterocycles. The van der Waals surface area contributed by atoms with E-state index in [0.29, 0.717) is 13.0 Å². The lowest BCUT2D eigenvalue weighted by molar-refractivity contribution is -0.132. The first-order chi connectivity index (χ1) is 10.7. The summed E-state index contributed by atoms with van der Waals surface area (Å²) < 4.78 is 5.41. The van der Waals surface area contributed by atoms with Gasteiger partial charge in [-0.15, -0.1) is 24.8 Å². The highest BCUT2D eigenvalue weighted by atomic mass is 35.5. The van der Waals surface area contributed by atoms with Gasteiger partial charge in [-0.3, -0.25) is 4.79 Å². The van der Waals surface area contributed by atoms with E-state index in [0.717, 1.165) is 45.1 Å². The van der Waals surface area contributed by atoms with Gasteiger partial charge in [0.2, 0.25) is 5.91 Å². The van der Waals surface area contributed by atoms with Crippen molar-refractivity contribution in [3.8, 4) is 0 Å². The van der Waals surface area contributed by atoms with Crippen LogP contribution in [0.3, 0.4) is 0 Å². The van der Waals surface area contributed by atoms with Gasteiger partial charge in [-0.25, -0.2) is 4.98 Å². The van der Waals surface area contributed by atoms with Crippen LogP contribution in [0.5, 0.6) is 0 Å². The number of hydrogen-bond acceptors (Lipinski definition) is 5. The molecule has 1 aromatic rings. The molecule has 8 heteroatoms. The fourth-order valence-corrected chi connectivity index (χ4v) is 3.07. The lowest BCUT2D eigenvalue weighted by Crippen LogP contribution is -2.51. The van der Waals surface area contributed by atoms with Crippen LogP contribution >= 0.6 is 24.8 Å². The zero-order chi connectivity index (χ0) is 15.4. The fraction of sp³-hybridized carbons (Fsp3) is 0.625. The monoisotopic (exact) mass is 376 g/mol. The fourth-order valence-electron chi connectivity index (χ4n) is 3.07. The summed E-state index contributed by atoms with van der Waals surface area (Å²) >= 11 is 0. The van der Waals surface area contributed by atoms with Crippen LogP contribution in [0.2, 0.25) is 0 Å². The molecule has 24 heavy (non-hydrogen) atoms. The van der Waals surface area contributed by atoms with Gasteiger partial charge in [0.1, 0.15) is 5.82 Å². The molecule has 1 atom stereocenters. The second kappa shape index (κ2) is 10.0. The number of halogens is 2. The molecule has 2 aliphatic rings. The molecule has 1 unspecified atom stereocenters. The van der Waals surface area contributed by atoms with Crippen LogP contribution in [0, 0.1) is 6.92 Å². The molecule has 2 fully saturated rings. The Morgan fingerprint density at radius 2 is 2.08 bits per heavy atom. The van der Waals surface area contributed by atoms with Gasteiger partial charge in [0.15, 0.2) is 0 Å². The lowest BCUT2D eigenvalue weighted by atomic mass is 10.1. The Hall–Kier alpha value is -1.08. The number of carbonyl (C=O) groups is 1. The third kappa shape index (κ3) is 5.21. The second-order valence-electron chi connectivity index (χ2n) is 5.94. The summed E-state index contributed by atoms with van der Waals surface area (Å²) in [7, 11) is 0. The zero-order valence-corrected chi connectivity index (χ0v) is 15.6. The third-order valence-electron chi connectivity index (χ3n) is 4.33. The normalized spacial score (nSPS) is 20.8. The predicted octanol–water partition coefficient (Wildman–Crippen LogP) is 1.26. The van der Waals surface area contributed by atoms with Crippen LogP contribution in [0.1, 0.15) is 12.0 Å². The number of anilines is 1. The molecule has 0 aromatic carbocycles. The highest BCUT2D eigenvalue weighted by Crippen LogP contribution is 2.18. The number of rotatable bonds is 3. The van der Waals surface area contributed by atoms with E-state index >= 15 is 0 Å². The van der Waals surface area contributed by atoms with Crippen molar-refractivity contribution in [2.45, 2.75) is 19.4 Å². The molecule has 6 nitrogen and oxygen atoms in total. The molecule has 0 saturated carbocycles. The van der Waals surface area contributed by atoms with E-state index in [4.69, 9.17) is 4.74 Å². The summed E-state index contributed by atoms with van der Waals surface area (Å²) in [5.41, 5.74) is 1.19. The second-order valence-corrected chi connectivity index (χ2v) is 5.94. The van der Waals surface area contributed by atoms with E-state index in [1.807, 2.05) is 17.2 Å². The van der Waals surface area contributed by atoms with Crippen LogP contribution in [0.25, 0.3) is 0 Å². The number of aromatic nitrogens is 1. The minimum absolute atomic E-state index is 0. The molecule has 1 aromatic heterocycles. The molecule has 3 rings (SSSR count). The number of aryl methyl sites for hydroxylation is 1. The van der Waals surface area contributed by atoms with E-state index in [-0.39, 0.29) is 36.8 Å². The molecule has 1 amide bonds. The molecule has 3 heterocycles. The number of piperazine rings is 1. The summed E-state index contributed by atoms with van der Waals surface area (Å²) in [5.74, 6) is 1.26. The van der Waals surface area contributed by atoms with Gasteiger partial charge in [-0.05, 0) is 18.6 Å². The number of nitrogens with one attached hydrogen (secondary N) is 1. The first kappa shape index (κ1) is 21.0. The zero-order valence-electron chi connectivity index (χ0n) is 13.9. The van der Waals surface area contributed by atoms with Gasteiger partial charge in [0.05, 0.1) is 13.2 Å². The van der Waals surface area contributed by atoms with E-state index < -0.39 is 0 Å². The molecular weight excluding hydrogens is 351 g/mol. The Balaban J connectivity index is 0.00000144.